The third-order valence-electron chi connectivity index (χ3n) is 1.74. The summed E-state index contributed by atoms with van der Waals surface area (Å²) < 4.78 is 12.9. The molecule has 1 rings (SSSR count). The number of benzene rings is 1. The van der Waals surface area contributed by atoms with Gasteiger partial charge in [0.25, 0.3) is 0 Å². The van der Waals surface area contributed by atoms with Crippen molar-refractivity contribution in [3.8, 4) is 0 Å². The summed E-state index contributed by atoms with van der Waals surface area (Å²) in [6.45, 7) is 2.03. The molecule has 0 saturated heterocycles. The monoisotopic (exact) mass is 250 g/mol. The summed E-state index contributed by atoms with van der Waals surface area (Å²) in [4.78, 5) is 0. The zero-order valence-corrected chi connectivity index (χ0v) is 8.99. The Bertz CT molecular complexity index is 275. The average Bonchev–Trinajstić information content (AvgIpc) is 2.08. The maximum absolute atomic E-state index is 12.9. The Morgan fingerprint density at radius 2 is 2.25 bits per heavy atom. The smallest absolute Gasteiger partial charge is 0.142 e. The lowest BCUT2D eigenvalue weighted by Crippen LogP contribution is -1.94. The molecular weight excluding hydrogens is 242 g/mol. The molecule has 1 aromatic carbocycles. The van der Waals surface area contributed by atoms with E-state index in [1.165, 1.54) is 6.07 Å². The second kappa shape index (κ2) is 4.24. The molecule has 0 aliphatic rings. The quantitative estimate of drug-likeness (QED) is 0.698. The summed E-state index contributed by atoms with van der Waals surface area (Å²) in [5.74, 6) is -0.0290. The molecule has 0 aromatic heterocycles. The molecule has 0 nitrogen and oxygen atoms in total. The van der Waals surface area contributed by atoms with Gasteiger partial charge in [0.2, 0.25) is 0 Å². The van der Waals surface area contributed by atoms with Crippen LogP contribution < -0.4 is 0 Å². The van der Waals surface area contributed by atoms with Crippen LogP contribution in [0, 0.1) is 5.82 Å². The van der Waals surface area contributed by atoms with E-state index in [-0.39, 0.29) is 10.8 Å². The first-order valence-corrected chi connectivity index (χ1v) is 5.16. The second-order valence-electron chi connectivity index (χ2n) is 2.73. The van der Waals surface area contributed by atoms with Crippen molar-refractivity contribution in [1.82, 2.24) is 0 Å². The van der Waals surface area contributed by atoms with Crippen molar-refractivity contribution in [3.05, 3.63) is 34.6 Å². The van der Waals surface area contributed by atoms with E-state index in [4.69, 9.17) is 11.6 Å². The van der Waals surface area contributed by atoms with Crippen molar-refractivity contribution < 1.29 is 4.39 Å². The van der Waals surface area contributed by atoms with Gasteiger partial charge < -0.3 is 0 Å². The van der Waals surface area contributed by atoms with Gasteiger partial charge in [-0.05, 0) is 23.6 Å². The van der Waals surface area contributed by atoms with E-state index in [1.807, 2.05) is 13.0 Å². The molecule has 1 unspecified atom stereocenters. The van der Waals surface area contributed by atoms with Crippen LogP contribution in [0.15, 0.2) is 18.2 Å². The van der Waals surface area contributed by atoms with Gasteiger partial charge in [0.15, 0.2) is 0 Å². The van der Waals surface area contributed by atoms with E-state index in [9.17, 15) is 4.39 Å². The number of rotatable bonds is 2. The molecule has 0 N–H and O–H groups in total. The highest BCUT2D eigenvalue weighted by atomic mass is 79.9. The molecule has 0 aliphatic carbocycles. The van der Waals surface area contributed by atoms with E-state index in [2.05, 4.69) is 15.9 Å². The van der Waals surface area contributed by atoms with Crippen LogP contribution >= 0.6 is 27.5 Å². The fraction of sp³-hybridized carbons (Fsp3) is 0.333. The highest BCUT2D eigenvalue weighted by Crippen LogP contribution is 2.22. The second-order valence-corrected chi connectivity index (χ2v) is 3.78. The van der Waals surface area contributed by atoms with Gasteiger partial charge in [-0.15, -0.1) is 0 Å². The SMILES string of the molecule is CC(CBr)c1ccc(Cl)c(F)c1. The van der Waals surface area contributed by atoms with Gasteiger partial charge in [-0.25, -0.2) is 4.39 Å². The first kappa shape index (κ1) is 10.0. The minimum absolute atomic E-state index is 0.181. The molecule has 0 spiro atoms. The van der Waals surface area contributed by atoms with E-state index in [0.717, 1.165) is 10.9 Å². The molecule has 0 saturated carbocycles. The van der Waals surface area contributed by atoms with E-state index < -0.39 is 0 Å². The number of alkyl halides is 1. The highest BCUT2D eigenvalue weighted by molar-refractivity contribution is 9.09. The summed E-state index contributed by atoms with van der Waals surface area (Å²) in [6, 6.07) is 4.91. The minimum Gasteiger partial charge on any atom is -0.205 e. The summed E-state index contributed by atoms with van der Waals surface area (Å²) in [6.07, 6.45) is 0. The predicted molar refractivity (Wildman–Crippen MR) is 53.6 cm³/mol. The molecule has 0 heterocycles. The molecule has 0 bridgehead atoms. The van der Waals surface area contributed by atoms with E-state index in [1.54, 1.807) is 6.07 Å². The van der Waals surface area contributed by atoms with Crippen molar-refractivity contribution in [3.63, 3.8) is 0 Å². The van der Waals surface area contributed by atoms with Crippen molar-refractivity contribution in [1.29, 1.82) is 0 Å². The van der Waals surface area contributed by atoms with Crippen LogP contribution in [0.1, 0.15) is 18.4 Å². The van der Waals surface area contributed by atoms with Crippen molar-refractivity contribution >= 4 is 27.5 Å². The lowest BCUT2D eigenvalue weighted by atomic mass is 10.0. The van der Waals surface area contributed by atoms with E-state index >= 15 is 0 Å². The van der Waals surface area contributed by atoms with Crippen LogP contribution in [0.4, 0.5) is 4.39 Å². The Morgan fingerprint density at radius 3 is 2.75 bits per heavy atom. The van der Waals surface area contributed by atoms with Crippen LogP contribution in [-0.2, 0) is 0 Å². The zero-order valence-electron chi connectivity index (χ0n) is 6.65. The third-order valence-corrected chi connectivity index (χ3v) is 3.02. The van der Waals surface area contributed by atoms with Crippen LogP contribution in [0.3, 0.4) is 0 Å². The van der Waals surface area contributed by atoms with Crippen molar-refractivity contribution in [2.45, 2.75) is 12.8 Å². The van der Waals surface area contributed by atoms with Crippen LogP contribution in [0.5, 0.6) is 0 Å². The van der Waals surface area contributed by atoms with Gasteiger partial charge in [0.05, 0.1) is 5.02 Å². The Balaban J connectivity index is 2.96. The van der Waals surface area contributed by atoms with Crippen LogP contribution in [0.25, 0.3) is 0 Å². The van der Waals surface area contributed by atoms with Gasteiger partial charge in [-0.3, -0.25) is 0 Å². The zero-order chi connectivity index (χ0) is 9.14. The molecule has 0 fully saturated rings. The maximum atomic E-state index is 12.9. The molecule has 1 aromatic rings. The molecule has 3 heteroatoms. The minimum atomic E-state index is -0.345. The first-order valence-electron chi connectivity index (χ1n) is 3.66. The lowest BCUT2D eigenvalue weighted by Gasteiger charge is -2.07. The number of halogens is 3. The number of hydrogen-bond donors (Lipinski definition) is 0. The highest BCUT2D eigenvalue weighted by Gasteiger charge is 2.06. The maximum Gasteiger partial charge on any atom is 0.142 e. The molecule has 1 atom stereocenters. The van der Waals surface area contributed by atoms with Crippen LogP contribution in [0.2, 0.25) is 5.02 Å². The first-order chi connectivity index (χ1) is 5.65. The van der Waals surface area contributed by atoms with Gasteiger partial charge >= 0.3 is 0 Å². The molecular formula is C9H9BrClF. The topological polar surface area (TPSA) is 0 Å². The summed E-state index contributed by atoms with van der Waals surface area (Å²) in [7, 11) is 0. The van der Waals surface area contributed by atoms with Crippen LogP contribution in [-0.4, -0.2) is 5.33 Å². The largest absolute Gasteiger partial charge is 0.205 e. The summed E-state index contributed by atoms with van der Waals surface area (Å²) >= 11 is 8.88. The Morgan fingerprint density at radius 1 is 1.58 bits per heavy atom. The molecule has 66 valence electrons. The summed E-state index contributed by atoms with van der Waals surface area (Å²) in [5.41, 5.74) is 0.966. The van der Waals surface area contributed by atoms with Gasteiger partial charge in [0.1, 0.15) is 5.82 Å². The fourth-order valence-corrected chi connectivity index (χ4v) is 1.40. The molecule has 0 radical (unpaired) electrons. The Hall–Kier alpha value is -0.0800. The van der Waals surface area contributed by atoms with Gasteiger partial charge in [0, 0.05) is 5.33 Å². The lowest BCUT2D eigenvalue weighted by molar-refractivity contribution is 0.624. The molecule has 0 amide bonds. The van der Waals surface area contributed by atoms with Crippen molar-refractivity contribution in [2.75, 3.05) is 5.33 Å². The van der Waals surface area contributed by atoms with E-state index in [0.29, 0.717) is 5.92 Å². The molecule has 12 heavy (non-hydrogen) atoms. The summed E-state index contributed by atoms with van der Waals surface area (Å²) in [5, 5.41) is 1.01. The Kier molecular flexibility index (Phi) is 3.53. The molecule has 0 aliphatic heterocycles. The average molecular weight is 252 g/mol. The predicted octanol–water partition coefficient (Wildman–Crippen LogP) is 3.98. The standard InChI is InChI=1S/C9H9BrClF/c1-6(5-10)7-2-3-8(11)9(12)4-7/h2-4,6H,5H2,1H3. The van der Waals surface area contributed by atoms with Gasteiger partial charge in [-0.1, -0.05) is 40.5 Å². The fourth-order valence-electron chi connectivity index (χ4n) is 0.908. The Labute approximate surface area is 84.9 Å². The third kappa shape index (κ3) is 2.20. The number of hydrogen-bond acceptors (Lipinski definition) is 0. The van der Waals surface area contributed by atoms with Gasteiger partial charge in [-0.2, -0.15) is 0 Å². The normalized spacial score (nSPS) is 13.0. The van der Waals surface area contributed by atoms with Crippen molar-refractivity contribution in [2.24, 2.45) is 0 Å².